The molecule has 4 rings (SSSR count). The molecule has 1 aliphatic rings. The minimum Gasteiger partial charge on any atom is -0.302 e. The second kappa shape index (κ2) is 9.55. The summed E-state index contributed by atoms with van der Waals surface area (Å²) >= 11 is 2.63. The van der Waals surface area contributed by atoms with Gasteiger partial charge < -0.3 is 9.88 Å². The molecule has 1 aliphatic heterocycles. The van der Waals surface area contributed by atoms with Gasteiger partial charge in [0.25, 0.3) is 0 Å². The molecule has 0 aliphatic carbocycles. The van der Waals surface area contributed by atoms with E-state index in [2.05, 4.69) is 27.1 Å². The molecule has 0 radical (unpaired) electrons. The molecule has 11 heteroatoms. The van der Waals surface area contributed by atoms with Gasteiger partial charge in [0.15, 0.2) is 20.1 Å². The lowest BCUT2D eigenvalue weighted by Gasteiger charge is -2.11. The number of aryl methyl sites for hydroxylation is 1. The molecule has 32 heavy (non-hydrogen) atoms. The third-order valence-electron chi connectivity index (χ3n) is 5.08. The van der Waals surface area contributed by atoms with E-state index < -0.39 is 9.84 Å². The lowest BCUT2D eigenvalue weighted by molar-refractivity contribution is -0.113. The van der Waals surface area contributed by atoms with Crippen LogP contribution in [0.1, 0.15) is 23.7 Å². The molecule has 0 spiro atoms. The number of thioether (sulfide) groups is 1. The predicted molar refractivity (Wildman–Crippen MR) is 128 cm³/mol. The van der Waals surface area contributed by atoms with Crippen LogP contribution in [0.3, 0.4) is 0 Å². The van der Waals surface area contributed by atoms with Gasteiger partial charge in [-0.2, -0.15) is 0 Å². The van der Waals surface area contributed by atoms with E-state index in [9.17, 15) is 13.2 Å². The molecule has 2 aromatic heterocycles. The highest BCUT2D eigenvalue weighted by Crippen LogP contribution is 2.30. The summed E-state index contributed by atoms with van der Waals surface area (Å²) in [4.78, 5) is 17.0. The van der Waals surface area contributed by atoms with Crippen molar-refractivity contribution in [1.29, 1.82) is 0 Å². The number of thiazole rings is 1. The van der Waals surface area contributed by atoms with Crippen molar-refractivity contribution in [2.45, 2.75) is 31.0 Å². The first-order chi connectivity index (χ1) is 15.3. The average Bonchev–Trinajstić information content (AvgIpc) is 3.46. The maximum Gasteiger partial charge on any atom is 0.236 e. The summed E-state index contributed by atoms with van der Waals surface area (Å²) in [6.45, 7) is 6.25. The molecule has 1 fully saturated rings. The van der Waals surface area contributed by atoms with Crippen LogP contribution in [0.4, 0.5) is 5.13 Å². The lowest BCUT2D eigenvalue weighted by atomic mass is 10.1. The van der Waals surface area contributed by atoms with E-state index in [1.165, 1.54) is 28.7 Å². The minimum absolute atomic E-state index is 0.0841. The van der Waals surface area contributed by atoms with E-state index in [-0.39, 0.29) is 29.1 Å². The van der Waals surface area contributed by atoms with Crippen molar-refractivity contribution in [3.63, 3.8) is 0 Å². The van der Waals surface area contributed by atoms with E-state index in [0.717, 1.165) is 11.3 Å². The van der Waals surface area contributed by atoms with Gasteiger partial charge in [-0.3, -0.25) is 4.79 Å². The molecule has 1 atom stereocenters. The molecule has 1 amide bonds. The van der Waals surface area contributed by atoms with Crippen LogP contribution in [-0.4, -0.2) is 51.3 Å². The third-order valence-corrected chi connectivity index (χ3v) is 8.58. The number of carbonyl (C=O) groups excluding carboxylic acids is 1. The molecule has 168 valence electrons. The molecule has 1 saturated heterocycles. The average molecular weight is 490 g/mol. The Bertz CT molecular complexity index is 1230. The normalized spacial score (nSPS) is 17.3. The van der Waals surface area contributed by atoms with Crippen LogP contribution in [0.25, 0.3) is 11.3 Å². The standard InChI is InChI=1S/C21H23N5O3S3/c1-3-9-26-19(16-8-10-32(28,29)13-16)24-25-21(26)31-12-18(27)23-20-22-17(11-30-20)15-6-4-14(2)5-7-15/h3-7,11,16H,1,8-10,12-13H2,2H3,(H,22,23,27)/t16-/m1/s1. The second-order valence-electron chi connectivity index (χ2n) is 7.58. The Hall–Kier alpha value is -2.50. The second-order valence-corrected chi connectivity index (χ2v) is 11.6. The van der Waals surface area contributed by atoms with Gasteiger partial charge in [-0.15, -0.1) is 28.1 Å². The third kappa shape index (κ3) is 5.28. The Balaban J connectivity index is 1.39. The number of carbonyl (C=O) groups is 1. The van der Waals surface area contributed by atoms with Gasteiger partial charge in [-0.1, -0.05) is 47.7 Å². The van der Waals surface area contributed by atoms with Crippen LogP contribution in [0, 0.1) is 6.92 Å². The molecule has 0 saturated carbocycles. The van der Waals surface area contributed by atoms with Gasteiger partial charge in [0.2, 0.25) is 5.91 Å². The number of allylic oxidation sites excluding steroid dienone is 1. The van der Waals surface area contributed by atoms with Gasteiger partial charge in [-0.25, -0.2) is 13.4 Å². The molecular weight excluding hydrogens is 466 g/mol. The Morgan fingerprint density at radius 1 is 1.34 bits per heavy atom. The number of aromatic nitrogens is 4. The fourth-order valence-electron chi connectivity index (χ4n) is 3.48. The quantitative estimate of drug-likeness (QED) is 0.381. The molecule has 1 N–H and O–H groups in total. The number of benzene rings is 1. The largest absolute Gasteiger partial charge is 0.302 e. The molecule has 3 heterocycles. The minimum atomic E-state index is -3.03. The van der Waals surface area contributed by atoms with Gasteiger partial charge in [0.1, 0.15) is 5.82 Å². The zero-order valence-corrected chi connectivity index (χ0v) is 20.0. The topological polar surface area (TPSA) is 107 Å². The van der Waals surface area contributed by atoms with Crippen molar-refractivity contribution in [3.8, 4) is 11.3 Å². The van der Waals surface area contributed by atoms with Gasteiger partial charge in [-0.05, 0) is 13.3 Å². The number of rotatable bonds is 8. The summed E-state index contributed by atoms with van der Waals surface area (Å²) in [5.74, 6) is 0.654. The first kappa shape index (κ1) is 22.7. The van der Waals surface area contributed by atoms with Crippen LogP contribution in [0.5, 0.6) is 0 Å². The summed E-state index contributed by atoms with van der Waals surface area (Å²) in [5, 5.41) is 14.3. The van der Waals surface area contributed by atoms with E-state index >= 15 is 0 Å². The maximum absolute atomic E-state index is 12.5. The molecule has 0 unspecified atom stereocenters. The fourth-order valence-corrected chi connectivity index (χ4v) is 6.71. The van der Waals surface area contributed by atoms with Gasteiger partial charge in [0, 0.05) is 23.4 Å². The van der Waals surface area contributed by atoms with E-state index in [4.69, 9.17) is 0 Å². The van der Waals surface area contributed by atoms with Gasteiger partial charge >= 0.3 is 0 Å². The first-order valence-corrected chi connectivity index (χ1v) is 13.7. The number of nitrogens with zero attached hydrogens (tertiary/aromatic N) is 4. The fraction of sp³-hybridized carbons (Fsp3) is 0.333. The molecule has 0 bridgehead atoms. The lowest BCUT2D eigenvalue weighted by Crippen LogP contribution is -2.15. The van der Waals surface area contributed by atoms with E-state index in [1.807, 2.05) is 41.1 Å². The zero-order valence-electron chi connectivity index (χ0n) is 17.5. The SMILES string of the molecule is C=CCn1c(SCC(=O)Nc2nc(-c3ccc(C)cc3)cs2)nnc1[C@@H]1CCS(=O)(=O)C1. The number of hydrogen-bond donors (Lipinski definition) is 1. The monoisotopic (exact) mass is 489 g/mol. The Labute approximate surface area is 195 Å². The highest BCUT2D eigenvalue weighted by atomic mass is 32.2. The molecule has 1 aromatic carbocycles. The Morgan fingerprint density at radius 2 is 2.12 bits per heavy atom. The molecule has 3 aromatic rings. The van der Waals surface area contributed by atoms with Crippen LogP contribution in [-0.2, 0) is 21.2 Å². The van der Waals surface area contributed by atoms with E-state index in [1.54, 1.807) is 6.08 Å². The highest BCUT2D eigenvalue weighted by molar-refractivity contribution is 7.99. The number of amides is 1. The van der Waals surface area contributed by atoms with E-state index in [0.29, 0.717) is 29.1 Å². The van der Waals surface area contributed by atoms with Crippen molar-refractivity contribution >= 4 is 44.0 Å². The summed E-state index contributed by atoms with van der Waals surface area (Å²) in [7, 11) is -3.03. The summed E-state index contributed by atoms with van der Waals surface area (Å²) < 4.78 is 25.5. The van der Waals surface area contributed by atoms with Crippen LogP contribution < -0.4 is 5.32 Å². The summed E-state index contributed by atoms with van der Waals surface area (Å²) in [6.07, 6.45) is 2.25. The highest BCUT2D eigenvalue weighted by Gasteiger charge is 2.33. The van der Waals surface area contributed by atoms with Crippen LogP contribution in [0.15, 0.2) is 47.5 Å². The molecule has 8 nitrogen and oxygen atoms in total. The summed E-state index contributed by atoms with van der Waals surface area (Å²) in [5.41, 5.74) is 3.00. The number of nitrogens with one attached hydrogen (secondary N) is 1. The Morgan fingerprint density at radius 3 is 2.81 bits per heavy atom. The summed E-state index contributed by atoms with van der Waals surface area (Å²) in [6, 6.07) is 8.06. The predicted octanol–water partition coefficient (Wildman–Crippen LogP) is 3.53. The molecular formula is C21H23N5O3S3. The maximum atomic E-state index is 12.5. The van der Waals surface area contributed by atoms with Crippen molar-refractivity contribution in [3.05, 3.63) is 53.7 Å². The van der Waals surface area contributed by atoms with Crippen molar-refractivity contribution in [2.24, 2.45) is 0 Å². The smallest absolute Gasteiger partial charge is 0.236 e. The number of hydrogen-bond acceptors (Lipinski definition) is 8. The van der Waals surface area contributed by atoms with Crippen molar-refractivity contribution in [1.82, 2.24) is 19.7 Å². The van der Waals surface area contributed by atoms with Gasteiger partial charge in [0.05, 0.1) is 23.0 Å². The number of anilines is 1. The number of sulfone groups is 1. The Kier molecular flexibility index (Phi) is 6.77. The van der Waals surface area contributed by atoms with Crippen LogP contribution >= 0.6 is 23.1 Å². The van der Waals surface area contributed by atoms with Crippen molar-refractivity contribution in [2.75, 3.05) is 22.6 Å². The van der Waals surface area contributed by atoms with Crippen LogP contribution in [0.2, 0.25) is 0 Å². The van der Waals surface area contributed by atoms with Crippen molar-refractivity contribution < 1.29 is 13.2 Å². The first-order valence-electron chi connectivity index (χ1n) is 10.0. The zero-order chi connectivity index (χ0) is 22.7.